The lowest BCUT2D eigenvalue weighted by Crippen LogP contribution is -1.79. The maximum absolute atomic E-state index is 5.36. The summed E-state index contributed by atoms with van der Waals surface area (Å²) >= 11 is 0. The molecule has 0 radical (unpaired) electrons. The molecule has 0 aliphatic heterocycles. The Labute approximate surface area is 93.3 Å². The second kappa shape index (κ2) is 10.6. The summed E-state index contributed by atoms with van der Waals surface area (Å²) in [4.78, 5) is 0. The first-order valence-electron chi connectivity index (χ1n) is 5.52. The number of para-hydroxylation sites is 1. The number of hydrogen-bond acceptors (Lipinski definition) is 1. The maximum Gasteiger partial charge on any atom is 0.0313 e. The Morgan fingerprint density at radius 1 is 0.867 bits per heavy atom. The molecule has 1 heteroatoms. The molecule has 1 aromatic rings. The monoisotopic (exact) mass is 203 g/mol. The van der Waals surface area contributed by atoms with E-state index in [2.05, 4.69) is 24.3 Å². The van der Waals surface area contributed by atoms with Crippen LogP contribution in [0.4, 0.5) is 5.69 Å². The fraction of sp³-hybridized carbons (Fsp3) is 0.286. The van der Waals surface area contributed by atoms with E-state index in [-0.39, 0.29) is 0 Å². The summed E-state index contributed by atoms with van der Waals surface area (Å²) in [5.41, 5.74) is 6.18. The van der Waals surface area contributed by atoms with Crippen LogP contribution in [-0.2, 0) is 0 Å². The van der Waals surface area contributed by atoms with E-state index in [0.29, 0.717) is 0 Å². The van der Waals surface area contributed by atoms with Crippen LogP contribution in [0.2, 0.25) is 0 Å². The molecule has 0 unspecified atom stereocenters. The zero-order valence-electron chi connectivity index (χ0n) is 9.69. The van der Waals surface area contributed by atoms with E-state index in [1.54, 1.807) is 0 Å². The molecule has 0 atom stereocenters. The van der Waals surface area contributed by atoms with Crippen LogP contribution in [-0.4, -0.2) is 0 Å². The molecular weight excluding hydrogens is 182 g/mol. The zero-order chi connectivity index (χ0) is 11.4. The van der Waals surface area contributed by atoms with Gasteiger partial charge in [-0.1, -0.05) is 56.4 Å². The zero-order valence-corrected chi connectivity index (χ0v) is 9.69. The van der Waals surface area contributed by atoms with Crippen molar-refractivity contribution >= 4 is 5.69 Å². The molecule has 0 fully saturated rings. The van der Waals surface area contributed by atoms with Gasteiger partial charge in [0, 0.05) is 5.69 Å². The molecule has 1 nitrogen and oxygen atoms in total. The minimum atomic E-state index is 0.822. The Balaban J connectivity index is 0.000000227. The van der Waals surface area contributed by atoms with Crippen molar-refractivity contribution in [2.45, 2.75) is 26.7 Å². The van der Waals surface area contributed by atoms with Crippen molar-refractivity contribution in [3.8, 4) is 0 Å². The van der Waals surface area contributed by atoms with Gasteiger partial charge in [0.15, 0.2) is 0 Å². The number of benzene rings is 1. The first-order valence-corrected chi connectivity index (χ1v) is 5.52. The number of nitrogen functional groups attached to an aromatic ring is 1. The minimum absolute atomic E-state index is 0.822. The topological polar surface area (TPSA) is 26.0 Å². The molecule has 0 bridgehead atoms. The first-order chi connectivity index (χ1) is 7.39. The van der Waals surface area contributed by atoms with Gasteiger partial charge in [-0.05, 0) is 25.0 Å². The van der Waals surface area contributed by atoms with E-state index < -0.39 is 0 Å². The Morgan fingerprint density at radius 3 is 1.53 bits per heavy atom. The fourth-order valence-corrected chi connectivity index (χ4v) is 0.995. The van der Waals surface area contributed by atoms with Crippen molar-refractivity contribution in [2.24, 2.45) is 0 Å². The van der Waals surface area contributed by atoms with Crippen molar-refractivity contribution in [1.29, 1.82) is 0 Å². The van der Waals surface area contributed by atoms with Crippen LogP contribution >= 0.6 is 0 Å². The quantitative estimate of drug-likeness (QED) is 0.629. The van der Waals surface area contributed by atoms with Gasteiger partial charge >= 0.3 is 0 Å². The van der Waals surface area contributed by atoms with E-state index in [1.807, 2.05) is 44.2 Å². The standard InChI is InChI=1S/C6H7N.C6H8.C2H6/c7-6-4-2-1-3-5-6;1-2-4-6-5-3-1;1-2/h1-5H,7H2;1-4H,5-6H2;1-2H3. The van der Waals surface area contributed by atoms with Crippen LogP contribution in [0.25, 0.3) is 0 Å². The third-order valence-electron chi connectivity index (χ3n) is 1.68. The second-order valence-corrected chi connectivity index (χ2v) is 2.84. The van der Waals surface area contributed by atoms with Gasteiger partial charge in [-0.15, -0.1) is 0 Å². The summed E-state index contributed by atoms with van der Waals surface area (Å²) in [5.74, 6) is 0. The Bertz CT molecular complexity index is 261. The first kappa shape index (κ1) is 13.5. The lowest BCUT2D eigenvalue weighted by molar-refractivity contribution is 1.04. The highest BCUT2D eigenvalue weighted by Crippen LogP contribution is 1.98. The van der Waals surface area contributed by atoms with Gasteiger partial charge < -0.3 is 5.73 Å². The van der Waals surface area contributed by atoms with Gasteiger partial charge in [0.1, 0.15) is 0 Å². The smallest absolute Gasteiger partial charge is 0.0313 e. The number of anilines is 1. The van der Waals surface area contributed by atoms with Crippen LogP contribution in [0.15, 0.2) is 54.6 Å². The van der Waals surface area contributed by atoms with Crippen LogP contribution < -0.4 is 5.73 Å². The lowest BCUT2D eigenvalue weighted by Gasteiger charge is -1.88. The van der Waals surface area contributed by atoms with E-state index in [4.69, 9.17) is 5.73 Å². The molecule has 0 aromatic heterocycles. The average molecular weight is 203 g/mol. The summed E-state index contributed by atoms with van der Waals surface area (Å²) in [6, 6.07) is 9.49. The highest BCUT2D eigenvalue weighted by Gasteiger charge is 1.77. The van der Waals surface area contributed by atoms with Crippen molar-refractivity contribution in [1.82, 2.24) is 0 Å². The molecule has 82 valence electrons. The Hall–Kier alpha value is -1.50. The molecule has 0 saturated heterocycles. The average Bonchev–Trinajstić information content (AvgIpc) is 2.36. The van der Waals surface area contributed by atoms with Crippen molar-refractivity contribution in [2.75, 3.05) is 5.73 Å². The number of rotatable bonds is 0. The molecule has 1 aliphatic rings. The van der Waals surface area contributed by atoms with Crippen LogP contribution in [0.3, 0.4) is 0 Å². The molecule has 0 spiro atoms. The lowest BCUT2D eigenvalue weighted by atomic mass is 10.2. The van der Waals surface area contributed by atoms with Crippen molar-refractivity contribution in [3.63, 3.8) is 0 Å². The van der Waals surface area contributed by atoms with Gasteiger partial charge in [0.2, 0.25) is 0 Å². The molecular formula is C14H21N. The van der Waals surface area contributed by atoms with Crippen LogP contribution in [0.5, 0.6) is 0 Å². The molecule has 0 saturated carbocycles. The summed E-state index contributed by atoms with van der Waals surface area (Å²) in [5, 5.41) is 0. The highest BCUT2D eigenvalue weighted by atomic mass is 14.5. The fourth-order valence-electron chi connectivity index (χ4n) is 0.995. The molecule has 1 aliphatic carbocycles. The van der Waals surface area contributed by atoms with E-state index >= 15 is 0 Å². The summed E-state index contributed by atoms with van der Waals surface area (Å²) in [7, 11) is 0. The molecule has 1 aromatic carbocycles. The number of allylic oxidation sites excluding steroid dienone is 4. The predicted molar refractivity (Wildman–Crippen MR) is 69.7 cm³/mol. The Morgan fingerprint density at radius 2 is 1.33 bits per heavy atom. The van der Waals surface area contributed by atoms with E-state index in [1.165, 1.54) is 12.8 Å². The number of hydrogen-bond donors (Lipinski definition) is 1. The molecule has 2 rings (SSSR count). The molecule has 15 heavy (non-hydrogen) atoms. The highest BCUT2D eigenvalue weighted by molar-refractivity contribution is 5.35. The normalized spacial score (nSPS) is 11.9. The van der Waals surface area contributed by atoms with Gasteiger partial charge in [-0.3, -0.25) is 0 Å². The molecule has 0 heterocycles. The predicted octanol–water partition coefficient (Wildman–Crippen LogP) is 4.19. The van der Waals surface area contributed by atoms with Gasteiger partial charge in [-0.25, -0.2) is 0 Å². The maximum atomic E-state index is 5.36. The molecule has 2 N–H and O–H groups in total. The van der Waals surface area contributed by atoms with E-state index in [9.17, 15) is 0 Å². The number of nitrogens with two attached hydrogens (primary N) is 1. The second-order valence-electron chi connectivity index (χ2n) is 2.84. The third-order valence-corrected chi connectivity index (χ3v) is 1.68. The van der Waals surface area contributed by atoms with Gasteiger partial charge in [-0.2, -0.15) is 0 Å². The SMILES string of the molecule is C1=CCCC=C1.CC.Nc1ccccc1. The minimum Gasteiger partial charge on any atom is -0.399 e. The Kier molecular flexibility index (Phi) is 9.52. The summed E-state index contributed by atoms with van der Waals surface area (Å²) in [6.45, 7) is 4.00. The van der Waals surface area contributed by atoms with Gasteiger partial charge in [0.25, 0.3) is 0 Å². The largest absolute Gasteiger partial charge is 0.399 e. The summed E-state index contributed by atoms with van der Waals surface area (Å²) in [6.07, 6.45) is 11.0. The van der Waals surface area contributed by atoms with Gasteiger partial charge in [0.05, 0.1) is 0 Å². The van der Waals surface area contributed by atoms with Crippen LogP contribution in [0.1, 0.15) is 26.7 Å². The van der Waals surface area contributed by atoms with Crippen LogP contribution in [0, 0.1) is 0 Å². The molecule has 0 amide bonds. The third kappa shape index (κ3) is 8.82. The van der Waals surface area contributed by atoms with Crippen molar-refractivity contribution in [3.05, 3.63) is 54.6 Å². The summed E-state index contributed by atoms with van der Waals surface area (Å²) < 4.78 is 0. The van der Waals surface area contributed by atoms with Crippen molar-refractivity contribution < 1.29 is 0 Å². The van der Waals surface area contributed by atoms with E-state index in [0.717, 1.165) is 5.69 Å².